The summed E-state index contributed by atoms with van der Waals surface area (Å²) in [5.41, 5.74) is 3.62. The summed E-state index contributed by atoms with van der Waals surface area (Å²) in [5.74, 6) is 2.46. The molecular weight excluding hydrogens is 350 g/mol. The Morgan fingerprint density at radius 1 is 1.00 bits per heavy atom. The molecule has 2 aromatic rings. The van der Waals surface area contributed by atoms with Crippen LogP contribution in [-0.2, 0) is 13.0 Å². The van der Waals surface area contributed by atoms with Gasteiger partial charge in [0.25, 0.3) is 0 Å². The zero-order chi connectivity index (χ0) is 19.5. The van der Waals surface area contributed by atoms with Gasteiger partial charge in [-0.15, -0.1) is 0 Å². The van der Waals surface area contributed by atoms with Crippen molar-refractivity contribution in [2.24, 2.45) is 11.8 Å². The van der Waals surface area contributed by atoms with Crippen molar-refractivity contribution < 1.29 is 14.6 Å². The Labute approximate surface area is 168 Å². The van der Waals surface area contributed by atoms with Gasteiger partial charge in [0.15, 0.2) is 11.5 Å². The number of aliphatic hydroxyl groups excluding tert-OH is 1. The van der Waals surface area contributed by atoms with Crippen LogP contribution in [-0.4, -0.2) is 37.3 Å². The molecule has 0 spiro atoms. The first-order valence-corrected chi connectivity index (χ1v) is 10.4. The van der Waals surface area contributed by atoms with Crippen molar-refractivity contribution in [3.8, 4) is 11.5 Å². The molecule has 0 radical (unpaired) electrons. The third kappa shape index (κ3) is 4.03. The second-order valence-corrected chi connectivity index (χ2v) is 8.26. The van der Waals surface area contributed by atoms with E-state index in [-0.39, 0.29) is 0 Å². The van der Waals surface area contributed by atoms with Gasteiger partial charge in [-0.05, 0) is 79.4 Å². The lowest BCUT2D eigenvalue weighted by Crippen LogP contribution is -2.34. The average molecular weight is 382 g/mol. The summed E-state index contributed by atoms with van der Waals surface area (Å²) in [7, 11) is 3.31. The fourth-order valence-electron chi connectivity index (χ4n) is 4.90. The topological polar surface area (TPSA) is 41.9 Å². The molecule has 4 heteroatoms. The minimum atomic E-state index is -0.392. The number of benzene rings is 2. The largest absolute Gasteiger partial charge is 0.493 e. The highest BCUT2D eigenvalue weighted by Crippen LogP contribution is 2.45. The number of methoxy groups -OCH3 is 2. The van der Waals surface area contributed by atoms with Crippen LogP contribution in [0.2, 0.25) is 0 Å². The van der Waals surface area contributed by atoms with Crippen molar-refractivity contribution in [1.29, 1.82) is 0 Å². The molecule has 0 bridgehead atoms. The maximum absolute atomic E-state index is 10.9. The molecule has 2 atom stereocenters. The molecule has 0 aromatic heterocycles. The van der Waals surface area contributed by atoms with Gasteiger partial charge in [-0.1, -0.05) is 30.3 Å². The van der Waals surface area contributed by atoms with Gasteiger partial charge in [0.2, 0.25) is 0 Å². The molecule has 1 aliphatic carbocycles. The molecule has 1 unspecified atom stereocenters. The highest BCUT2D eigenvalue weighted by Gasteiger charge is 2.34. The Morgan fingerprint density at radius 3 is 2.36 bits per heavy atom. The van der Waals surface area contributed by atoms with E-state index < -0.39 is 6.10 Å². The van der Waals surface area contributed by atoms with Crippen molar-refractivity contribution >= 4 is 0 Å². The van der Waals surface area contributed by atoms with E-state index in [1.807, 2.05) is 12.1 Å². The minimum Gasteiger partial charge on any atom is -0.493 e. The first-order valence-electron chi connectivity index (χ1n) is 10.4. The average Bonchev–Trinajstić information content (AvgIpc) is 3.03. The van der Waals surface area contributed by atoms with Crippen LogP contribution >= 0.6 is 0 Å². The van der Waals surface area contributed by atoms with Gasteiger partial charge in [-0.3, -0.25) is 4.90 Å². The van der Waals surface area contributed by atoms with Crippen molar-refractivity contribution in [2.75, 3.05) is 27.3 Å². The summed E-state index contributed by atoms with van der Waals surface area (Å²) in [6.45, 7) is 3.35. The summed E-state index contributed by atoms with van der Waals surface area (Å²) >= 11 is 0. The second-order valence-electron chi connectivity index (χ2n) is 8.26. The number of fused-ring (bicyclic) bond motifs is 1. The van der Waals surface area contributed by atoms with Gasteiger partial charge in [0.1, 0.15) is 0 Å². The molecule has 150 valence electrons. The van der Waals surface area contributed by atoms with Gasteiger partial charge in [0.05, 0.1) is 20.3 Å². The van der Waals surface area contributed by atoms with E-state index in [9.17, 15) is 5.11 Å². The molecule has 4 nitrogen and oxygen atoms in total. The van der Waals surface area contributed by atoms with E-state index in [0.29, 0.717) is 17.6 Å². The lowest BCUT2D eigenvalue weighted by Gasteiger charge is -2.33. The van der Waals surface area contributed by atoms with Crippen LogP contribution in [0.25, 0.3) is 0 Å². The highest BCUT2D eigenvalue weighted by molar-refractivity contribution is 5.50. The summed E-state index contributed by atoms with van der Waals surface area (Å²) < 4.78 is 10.8. The quantitative estimate of drug-likeness (QED) is 0.814. The maximum Gasteiger partial charge on any atom is 0.161 e. The fourth-order valence-corrected chi connectivity index (χ4v) is 4.90. The SMILES string of the molecule is COc1cc2c(cc1OC)C(O)[C@@H](CC1CCN(Cc3ccccc3)CC1)C2. The van der Waals surface area contributed by atoms with Crippen LogP contribution in [0.1, 0.15) is 42.1 Å². The number of rotatable bonds is 6. The van der Waals surface area contributed by atoms with Crippen molar-refractivity contribution in [3.63, 3.8) is 0 Å². The predicted molar refractivity (Wildman–Crippen MR) is 111 cm³/mol. The number of piperidine rings is 1. The Hall–Kier alpha value is -2.04. The van der Waals surface area contributed by atoms with E-state index in [1.54, 1.807) is 14.2 Å². The monoisotopic (exact) mass is 381 g/mol. The van der Waals surface area contributed by atoms with Gasteiger partial charge in [-0.25, -0.2) is 0 Å². The minimum absolute atomic E-state index is 0.303. The summed E-state index contributed by atoms with van der Waals surface area (Å²) in [6, 6.07) is 14.7. The van der Waals surface area contributed by atoms with Crippen molar-refractivity contribution in [3.05, 3.63) is 59.2 Å². The Kier molecular flexibility index (Phi) is 5.88. The van der Waals surface area contributed by atoms with Crippen LogP contribution in [0.3, 0.4) is 0 Å². The fraction of sp³-hybridized carbons (Fsp3) is 0.500. The third-order valence-electron chi connectivity index (χ3n) is 6.48. The van der Waals surface area contributed by atoms with Crippen molar-refractivity contribution in [1.82, 2.24) is 4.90 Å². The predicted octanol–water partition coefficient (Wildman–Crippen LogP) is 4.21. The van der Waals surface area contributed by atoms with Crippen LogP contribution in [0.5, 0.6) is 11.5 Å². The second kappa shape index (κ2) is 8.54. The molecule has 1 aliphatic heterocycles. The number of likely N-dealkylation sites (tertiary alicyclic amines) is 1. The van der Waals surface area contributed by atoms with E-state index in [0.717, 1.165) is 43.8 Å². The first kappa shape index (κ1) is 19.3. The summed E-state index contributed by atoms with van der Waals surface area (Å²) in [5, 5.41) is 10.9. The Bertz CT molecular complexity index is 784. The molecule has 0 amide bonds. The summed E-state index contributed by atoms with van der Waals surface area (Å²) in [4.78, 5) is 2.56. The van der Waals surface area contributed by atoms with E-state index in [2.05, 4.69) is 35.2 Å². The lowest BCUT2D eigenvalue weighted by molar-refractivity contribution is 0.0894. The van der Waals surface area contributed by atoms with E-state index >= 15 is 0 Å². The van der Waals surface area contributed by atoms with Gasteiger partial charge in [0, 0.05) is 6.54 Å². The molecule has 1 N–H and O–H groups in total. The molecule has 0 saturated carbocycles. The number of hydrogen-bond acceptors (Lipinski definition) is 4. The van der Waals surface area contributed by atoms with Crippen molar-refractivity contribution in [2.45, 2.75) is 38.3 Å². The van der Waals surface area contributed by atoms with E-state index in [1.165, 1.54) is 24.0 Å². The molecule has 28 heavy (non-hydrogen) atoms. The van der Waals surface area contributed by atoms with Crippen LogP contribution in [0.4, 0.5) is 0 Å². The number of nitrogens with zero attached hydrogens (tertiary/aromatic N) is 1. The molecular formula is C24H31NO3. The van der Waals surface area contributed by atoms with Crippen LogP contribution < -0.4 is 9.47 Å². The highest BCUT2D eigenvalue weighted by atomic mass is 16.5. The van der Waals surface area contributed by atoms with E-state index in [4.69, 9.17) is 9.47 Å². The zero-order valence-corrected chi connectivity index (χ0v) is 16.9. The number of ether oxygens (including phenoxy) is 2. The zero-order valence-electron chi connectivity index (χ0n) is 16.9. The number of aliphatic hydroxyl groups is 1. The molecule has 1 saturated heterocycles. The maximum atomic E-state index is 10.9. The Balaban J connectivity index is 1.33. The first-order chi connectivity index (χ1) is 13.7. The molecule has 1 heterocycles. The van der Waals surface area contributed by atoms with Crippen LogP contribution in [0, 0.1) is 11.8 Å². The molecule has 1 fully saturated rings. The Morgan fingerprint density at radius 2 is 1.68 bits per heavy atom. The smallest absolute Gasteiger partial charge is 0.161 e. The van der Waals surface area contributed by atoms with Gasteiger partial charge >= 0.3 is 0 Å². The van der Waals surface area contributed by atoms with Crippen LogP contribution in [0.15, 0.2) is 42.5 Å². The summed E-state index contributed by atoms with van der Waals surface area (Å²) in [6.07, 6.45) is 4.08. The molecule has 4 rings (SSSR count). The molecule has 2 aromatic carbocycles. The number of hydrogen-bond donors (Lipinski definition) is 1. The standard InChI is InChI=1S/C24H31NO3/c1-27-22-14-19-13-20(24(26)21(19)15-23(22)28-2)12-17-8-10-25(11-9-17)16-18-6-4-3-5-7-18/h3-7,14-15,17,20,24,26H,8-13,16H2,1-2H3/t20-,24?/m0/s1. The van der Waals surface area contributed by atoms with Gasteiger partial charge in [-0.2, -0.15) is 0 Å². The lowest BCUT2D eigenvalue weighted by atomic mass is 9.85. The molecule has 2 aliphatic rings. The normalized spacial score (nSPS) is 22.8. The van der Waals surface area contributed by atoms with Gasteiger partial charge < -0.3 is 14.6 Å². The third-order valence-corrected chi connectivity index (χ3v) is 6.48.